The molecule has 21 heavy (non-hydrogen) atoms. The van der Waals surface area contributed by atoms with E-state index in [0.29, 0.717) is 6.42 Å². The van der Waals surface area contributed by atoms with Crippen LogP contribution in [0.3, 0.4) is 0 Å². The number of amides is 1. The Morgan fingerprint density at radius 3 is 2.43 bits per heavy atom. The Bertz CT molecular complexity index is 523. The number of esters is 1. The largest absolute Gasteiger partial charge is 0.458 e. The van der Waals surface area contributed by atoms with E-state index in [-0.39, 0.29) is 12.3 Å². The zero-order valence-corrected chi connectivity index (χ0v) is 12.7. The molecule has 1 unspecified atom stereocenters. The number of hydrogen-bond donors (Lipinski definition) is 1. The van der Waals surface area contributed by atoms with Crippen molar-refractivity contribution in [2.75, 3.05) is 0 Å². The summed E-state index contributed by atoms with van der Waals surface area (Å²) in [4.78, 5) is 23.9. The standard InChI is InChI=1S/C17H21NO3/c1-5-9-15(19)18-14(16(20)21-17(2,3)4)12-13-10-7-6-8-11-13/h1,6-8,10-11,14H,9,12H2,2-4H3,(H,18,19). The molecule has 4 nitrogen and oxygen atoms in total. The summed E-state index contributed by atoms with van der Waals surface area (Å²) in [7, 11) is 0. The van der Waals surface area contributed by atoms with Crippen LogP contribution < -0.4 is 5.32 Å². The lowest BCUT2D eigenvalue weighted by Gasteiger charge is -2.24. The Morgan fingerprint density at radius 1 is 1.29 bits per heavy atom. The molecule has 1 atom stereocenters. The predicted octanol–water partition coefficient (Wildman–Crippen LogP) is 2.08. The van der Waals surface area contributed by atoms with Crippen LogP contribution in [0.25, 0.3) is 0 Å². The average Bonchev–Trinajstić information content (AvgIpc) is 2.37. The monoisotopic (exact) mass is 287 g/mol. The van der Waals surface area contributed by atoms with E-state index in [1.54, 1.807) is 20.8 Å². The van der Waals surface area contributed by atoms with Crippen LogP contribution in [-0.4, -0.2) is 23.5 Å². The van der Waals surface area contributed by atoms with Crippen molar-refractivity contribution in [1.29, 1.82) is 0 Å². The highest BCUT2D eigenvalue weighted by Crippen LogP contribution is 2.11. The zero-order chi connectivity index (χ0) is 15.9. The van der Waals surface area contributed by atoms with Crippen LogP contribution in [0.2, 0.25) is 0 Å². The number of rotatable bonds is 5. The van der Waals surface area contributed by atoms with Gasteiger partial charge < -0.3 is 10.1 Å². The first-order valence-corrected chi connectivity index (χ1v) is 6.81. The van der Waals surface area contributed by atoms with Gasteiger partial charge in [-0.25, -0.2) is 4.79 Å². The molecule has 0 saturated carbocycles. The fourth-order valence-corrected chi connectivity index (χ4v) is 1.75. The molecule has 0 spiro atoms. The lowest BCUT2D eigenvalue weighted by Crippen LogP contribution is -2.45. The third-order valence-electron chi connectivity index (χ3n) is 2.57. The first kappa shape index (κ1) is 16.8. The van der Waals surface area contributed by atoms with E-state index in [2.05, 4.69) is 11.2 Å². The fraction of sp³-hybridized carbons (Fsp3) is 0.412. The summed E-state index contributed by atoms with van der Waals surface area (Å²) in [6.45, 7) is 5.36. The second kappa shape index (κ2) is 7.49. The minimum absolute atomic E-state index is 0.0614. The van der Waals surface area contributed by atoms with E-state index >= 15 is 0 Å². The van der Waals surface area contributed by atoms with Gasteiger partial charge in [0.05, 0.1) is 6.42 Å². The normalized spacial score (nSPS) is 12.1. The molecule has 0 heterocycles. The number of nitrogens with one attached hydrogen (secondary N) is 1. The molecule has 1 amide bonds. The number of terminal acetylenes is 1. The average molecular weight is 287 g/mol. The Labute approximate surface area is 125 Å². The smallest absolute Gasteiger partial charge is 0.329 e. The molecule has 0 aromatic heterocycles. The molecule has 0 fully saturated rings. The molecule has 1 N–H and O–H groups in total. The molecule has 0 bridgehead atoms. The Hall–Kier alpha value is -2.28. The van der Waals surface area contributed by atoms with Crippen LogP contribution in [-0.2, 0) is 20.7 Å². The Morgan fingerprint density at radius 2 is 1.90 bits per heavy atom. The fourth-order valence-electron chi connectivity index (χ4n) is 1.75. The summed E-state index contributed by atoms with van der Waals surface area (Å²) in [6.07, 6.45) is 5.41. The maximum absolute atomic E-state index is 12.2. The first-order valence-electron chi connectivity index (χ1n) is 6.81. The SMILES string of the molecule is C#CCC(=O)NC(Cc1ccccc1)C(=O)OC(C)(C)C. The Balaban J connectivity index is 2.81. The number of carbonyl (C=O) groups excluding carboxylic acids is 2. The lowest BCUT2D eigenvalue weighted by atomic mass is 10.1. The molecular weight excluding hydrogens is 266 g/mol. The predicted molar refractivity (Wildman–Crippen MR) is 81.4 cm³/mol. The van der Waals surface area contributed by atoms with E-state index in [1.165, 1.54) is 0 Å². The van der Waals surface area contributed by atoms with Gasteiger partial charge in [0.1, 0.15) is 11.6 Å². The second-order valence-electron chi connectivity index (χ2n) is 5.72. The maximum atomic E-state index is 12.2. The van der Waals surface area contributed by atoms with Crippen molar-refractivity contribution >= 4 is 11.9 Å². The van der Waals surface area contributed by atoms with Crippen LogP contribution >= 0.6 is 0 Å². The molecule has 4 heteroatoms. The van der Waals surface area contributed by atoms with Crippen LogP contribution in [0.4, 0.5) is 0 Å². The third kappa shape index (κ3) is 6.62. The van der Waals surface area contributed by atoms with Gasteiger partial charge in [-0.2, -0.15) is 0 Å². The molecule has 1 aromatic rings. The van der Waals surface area contributed by atoms with E-state index < -0.39 is 17.6 Å². The van der Waals surface area contributed by atoms with Crippen molar-refractivity contribution < 1.29 is 14.3 Å². The van der Waals surface area contributed by atoms with Gasteiger partial charge in [0, 0.05) is 6.42 Å². The minimum atomic E-state index is -0.743. The molecule has 0 aliphatic heterocycles. The van der Waals surface area contributed by atoms with Crippen LogP contribution in [0.1, 0.15) is 32.8 Å². The van der Waals surface area contributed by atoms with E-state index in [0.717, 1.165) is 5.56 Å². The van der Waals surface area contributed by atoms with Crippen molar-refractivity contribution in [1.82, 2.24) is 5.32 Å². The molecule has 0 saturated heterocycles. The quantitative estimate of drug-likeness (QED) is 0.666. The summed E-state index contributed by atoms with van der Waals surface area (Å²) in [5, 5.41) is 2.63. The van der Waals surface area contributed by atoms with Crippen molar-refractivity contribution in [3.8, 4) is 12.3 Å². The van der Waals surface area contributed by atoms with Crippen molar-refractivity contribution in [2.45, 2.75) is 45.3 Å². The molecule has 1 aromatic carbocycles. The van der Waals surface area contributed by atoms with Crippen molar-refractivity contribution in [3.05, 3.63) is 35.9 Å². The zero-order valence-electron chi connectivity index (χ0n) is 12.7. The number of carbonyl (C=O) groups is 2. The minimum Gasteiger partial charge on any atom is -0.458 e. The first-order chi connectivity index (χ1) is 9.81. The van der Waals surface area contributed by atoms with Crippen molar-refractivity contribution in [3.63, 3.8) is 0 Å². The summed E-state index contributed by atoms with van der Waals surface area (Å²) in [5.74, 6) is 1.44. The number of benzene rings is 1. The molecular formula is C17H21NO3. The lowest BCUT2D eigenvalue weighted by molar-refractivity contribution is -0.158. The van der Waals surface area contributed by atoms with E-state index in [4.69, 9.17) is 11.2 Å². The topological polar surface area (TPSA) is 55.4 Å². The summed E-state index contributed by atoms with van der Waals surface area (Å²) >= 11 is 0. The summed E-state index contributed by atoms with van der Waals surface area (Å²) < 4.78 is 5.35. The second-order valence-corrected chi connectivity index (χ2v) is 5.72. The van der Waals surface area contributed by atoms with Gasteiger partial charge in [0.25, 0.3) is 0 Å². The molecule has 0 radical (unpaired) electrons. The van der Waals surface area contributed by atoms with Crippen LogP contribution in [0.5, 0.6) is 0 Å². The van der Waals surface area contributed by atoms with Crippen LogP contribution in [0.15, 0.2) is 30.3 Å². The van der Waals surface area contributed by atoms with Crippen LogP contribution in [0, 0.1) is 12.3 Å². The van der Waals surface area contributed by atoms with Gasteiger partial charge in [-0.1, -0.05) is 36.3 Å². The van der Waals surface area contributed by atoms with E-state index in [9.17, 15) is 9.59 Å². The number of hydrogen-bond acceptors (Lipinski definition) is 3. The number of ether oxygens (including phenoxy) is 1. The third-order valence-corrected chi connectivity index (χ3v) is 2.57. The highest BCUT2D eigenvalue weighted by Gasteiger charge is 2.26. The maximum Gasteiger partial charge on any atom is 0.329 e. The van der Waals surface area contributed by atoms with E-state index in [1.807, 2.05) is 30.3 Å². The van der Waals surface area contributed by atoms with Gasteiger partial charge in [-0.05, 0) is 26.3 Å². The molecule has 0 aliphatic rings. The van der Waals surface area contributed by atoms with Gasteiger partial charge >= 0.3 is 5.97 Å². The van der Waals surface area contributed by atoms with Gasteiger partial charge in [0.15, 0.2) is 0 Å². The summed E-state index contributed by atoms with van der Waals surface area (Å²) in [6, 6.07) is 8.70. The van der Waals surface area contributed by atoms with Gasteiger partial charge in [-0.3, -0.25) is 4.79 Å². The highest BCUT2D eigenvalue weighted by molar-refractivity contribution is 5.85. The Kier molecular flexibility index (Phi) is 5.98. The van der Waals surface area contributed by atoms with Crippen molar-refractivity contribution in [2.24, 2.45) is 0 Å². The van der Waals surface area contributed by atoms with Gasteiger partial charge in [-0.15, -0.1) is 6.42 Å². The van der Waals surface area contributed by atoms with Gasteiger partial charge in [0.2, 0.25) is 5.91 Å². The summed E-state index contributed by atoms with van der Waals surface area (Å²) in [5.41, 5.74) is 0.331. The molecule has 112 valence electrons. The molecule has 1 rings (SSSR count). The highest BCUT2D eigenvalue weighted by atomic mass is 16.6. The molecule has 0 aliphatic carbocycles.